The van der Waals surface area contributed by atoms with Gasteiger partial charge in [0.05, 0.1) is 41.1 Å². The van der Waals surface area contributed by atoms with Crippen molar-refractivity contribution in [3.05, 3.63) is 89.1 Å². The summed E-state index contributed by atoms with van der Waals surface area (Å²) < 4.78 is 17.5. The smallest absolute Gasteiger partial charge is 0.341 e. The topological polar surface area (TPSA) is 116 Å². The van der Waals surface area contributed by atoms with Crippen molar-refractivity contribution in [2.75, 3.05) is 20.8 Å². The summed E-state index contributed by atoms with van der Waals surface area (Å²) in [6.07, 6.45) is 1.63. The summed E-state index contributed by atoms with van der Waals surface area (Å²) in [5.41, 5.74) is 2.84. The van der Waals surface area contributed by atoms with Gasteiger partial charge in [0.1, 0.15) is 0 Å². The Kier molecular flexibility index (Phi) is 8.27. The Hall–Kier alpha value is -3.89. The van der Waals surface area contributed by atoms with E-state index in [1.807, 2.05) is 24.3 Å². The number of aliphatic carboxylic acids is 1. The third-order valence-corrected chi connectivity index (χ3v) is 7.50. The molecule has 4 rings (SSSR count). The quantitative estimate of drug-likeness (QED) is 0.411. The van der Waals surface area contributed by atoms with Crippen LogP contribution in [-0.2, 0) is 14.3 Å². The Balaban J connectivity index is 1.88. The zero-order chi connectivity index (χ0) is 28.4. The molecule has 0 saturated heterocycles. The first-order chi connectivity index (χ1) is 18.5. The Morgan fingerprint density at radius 1 is 1.21 bits per heavy atom. The third kappa shape index (κ3) is 5.62. The molecule has 2 heterocycles. The molecule has 0 fully saturated rings. The summed E-state index contributed by atoms with van der Waals surface area (Å²) in [7, 11) is 2.70. The van der Waals surface area contributed by atoms with E-state index in [1.54, 1.807) is 25.1 Å². The highest BCUT2D eigenvalue weighted by molar-refractivity contribution is 7.07. The van der Waals surface area contributed by atoms with E-state index in [4.69, 9.17) is 30.9 Å². The van der Waals surface area contributed by atoms with Crippen LogP contribution < -0.4 is 24.4 Å². The molecule has 0 radical (unpaired) electrons. The van der Waals surface area contributed by atoms with Crippen LogP contribution in [0, 0.1) is 0 Å². The standard InChI is InChI=1S/C28H27ClN2O7S/c1-14(2)17-6-8-18(9-7-17)24-23(27(35)37-5)15(3)30-28-31(24)26(34)21(39-28)12-16-10-19(29)25(20(11-16)36-4)38-13-22(32)33/h6-12,14,24H,13H2,1-5H3,(H,32,33)/b21-12-/t24-/m0/s1. The van der Waals surface area contributed by atoms with Crippen LogP contribution in [0.5, 0.6) is 11.5 Å². The van der Waals surface area contributed by atoms with Crippen LogP contribution in [0.4, 0.5) is 0 Å². The fraction of sp³-hybridized carbons (Fsp3) is 0.286. The van der Waals surface area contributed by atoms with Crippen LogP contribution in [0.15, 0.2) is 57.5 Å². The first-order valence-electron chi connectivity index (χ1n) is 12.0. The van der Waals surface area contributed by atoms with Crippen LogP contribution in [0.25, 0.3) is 6.08 Å². The molecule has 0 aliphatic carbocycles. The van der Waals surface area contributed by atoms with Gasteiger partial charge in [-0.2, -0.15) is 0 Å². The van der Waals surface area contributed by atoms with E-state index in [-0.39, 0.29) is 22.1 Å². The Bertz CT molecular complexity index is 1650. The van der Waals surface area contributed by atoms with Gasteiger partial charge < -0.3 is 19.3 Å². The highest BCUT2D eigenvalue weighted by Crippen LogP contribution is 2.37. The zero-order valence-electron chi connectivity index (χ0n) is 22.0. The number of allylic oxidation sites excluding steroid dienone is 1. The number of aromatic nitrogens is 1. The minimum absolute atomic E-state index is 0.0864. The summed E-state index contributed by atoms with van der Waals surface area (Å²) in [4.78, 5) is 42.5. The molecule has 2 aromatic carbocycles. The van der Waals surface area contributed by atoms with Crippen molar-refractivity contribution in [3.8, 4) is 11.5 Å². The van der Waals surface area contributed by atoms with E-state index < -0.39 is 24.6 Å². The van der Waals surface area contributed by atoms with Gasteiger partial charge in [-0.15, -0.1) is 0 Å². The second kappa shape index (κ2) is 11.5. The number of carbonyl (C=O) groups is 2. The molecule has 1 aliphatic rings. The van der Waals surface area contributed by atoms with E-state index in [1.165, 1.54) is 30.1 Å². The van der Waals surface area contributed by atoms with Gasteiger partial charge in [-0.3, -0.25) is 9.36 Å². The normalized spacial score (nSPS) is 15.2. The molecular weight excluding hydrogens is 544 g/mol. The lowest BCUT2D eigenvalue weighted by Crippen LogP contribution is -2.39. The lowest BCUT2D eigenvalue weighted by atomic mass is 9.93. The largest absolute Gasteiger partial charge is 0.493 e. The molecule has 9 nitrogen and oxygen atoms in total. The Labute approximate surface area is 233 Å². The SMILES string of the molecule is COC(=O)C1=C(C)N=c2s/c(=C\c3cc(Cl)c(OCC(=O)O)c(OC)c3)c(=O)n2[C@H]1c1ccc(C(C)C)cc1. The molecule has 0 bridgehead atoms. The molecule has 204 valence electrons. The Morgan fingerprint density at radius 2 is 1.90 bits per heavy atom. The molecule has 0 saturated carbocycles. The average molecular weight is 571 g/mol. The number of thiazole rings is 1. The van der Waals surface area contributed by atoms with Gasteiger partial charge in [0.25, 0.3) is 5.56 Å². The fourth-order valence-electron chi connectivity index (χ4n) is 4.32. The van der Waals surface area contributed by atoms with Crippen molar-refractivity contribution in [3.63, 3.8) is 0 Å². The maximum absolute atomic E-state index is 13.8. The van der Waals surface area contributed by atoms with Crippen LogP contribution in [0.2, 0.25) is 5.02 Å². The maximum Gasteiger partial charge on any atom is 0.341 e. The fourth-order valence-corrected chi connectivity index (χ4v) is 5.64. The van der Waals surface area contributed by atoms with Crippen molar-refractivity contribution >= 4 is 41.0 Å². The first-order valence-corrected chi connectivity index (χ1v) is 13.2. The summed E-state index contributed by atoms with van der Waals surface area (Å²) in [5, 5.41) is 9.05. The van der Waals surface area contributed by atoms with Crippen molar-refractivity contribution in [2.24, 2.45) is 4.99 Å². The highest BCUT2D eigenvalue weighted by Gasteiger charge is 2.33. The molecule has 0 amide bonds. The molecule has 0 spiro atoms. The van der Waals surface area contributed by atoms with Gasteiger partial charge in [0.2, 0.25) is 0 Å². The number of ether oxygens (including phenoxy) is 3. The lowest BCUT2D eigenvalue weighted by molar-refractivity contribution is -0.139. The van der Waals surface area contributed by atoms with E-state index in [0.717, 1.165) is 11.1 Å². The summed E-state index contributed by atoms with van der Waals surface area (Å²) in [6, 6.07) is 10.2. The van der Waals surface area contributed by atoms with Gasteiger partial charge in [-0.1, -0.05) is 61.1 Å². The monoisotopic (exact) mass is 570 g/mol. The molecule has 1 aromatic heterocycles. The van der Waals surface area contributed by atoms with Crippen molar-refractivity contribution in [2.45, 2.75) is 32.7 Å². The second-order valence-corrected chi connectivity index (χ2v) is 10.5. The number of nitrogens with zero attached hydrogens (tertiary/aromatic N) is 2. The number of methoxy groups -OCH3 is 2. The molecule has 11 heteroatoms. The number of rotatable bonds is 8. The molecule has 3 aromatic rings. The number of carboxylic acid groups (broad SMARTS) is 1. The molecule has 0 unspecified atom stereocenters. The number of esters is 1. The van der Waals surface area contributed by atoms with Crippen molar-refractivity contribution in [1.82, 2.24) is 4.57 Å². The first kappa shape index (κ1) is 28.1. The summed E-state index contributed by atoms with van der Waals surface area (Å²) >= 11 is 7.53. The predicted molar refractivity (Wildman–Crippen MR) is 147 cm³/mol. The van der Waals surface area contributed by atoms with Gasteiger partial charge in [-0.05, 0) is 47.7 Å². The molecule has 39 heavy (non-hydrogen) atoms. The van der Waals surface area contributed by atoms with Gasteiger partial charge >= 0.3 is 11.9 Å². The molecule has 1 aliphatic heterocycles. The van der Waals surface area contributed by atoms with Crippen LogP contribution in [0.3, 0.4) is 0 Å². The number of hydrogen-bond acceptors (Lipinski definition) is 8. The minimum atomic E-state index is -1.16. The highest BCUT2D eigenvalue weighted by atomic mass is 35.5. The summed E-state index contributed by atoms with van der Waals surface area (Å²) in [6.45, 7) is 5.32. The number of carbonyl (C=O) groups excluding carboxylic acids is 1. The number of carboxylic acids is 1. The number of benzene rings is 2. The number of halogens is 1. The number of fused-ring (bicyclic) bond motifs is 1. The van der Waals surface area contributed by atoms with E-state index in [2.05, 4.69) is 18.8 Å². The zero-order valence-corrected chi connectivity index (χ0v) is 23.6. The van der Waals surface area contributed by atoms with E-state index in [9.17, 15) is 14.4 Å². The third-order valence-electron chi connectivity index (χ3n) is 6.24. The molecular formula is C28H27ClN2O7S. The molecule has 1 atom stereocenters. The maximum atomic E-state index is 13.8. The number of hydrogen-bond donors (Lipinski definition) is 1. The van der Waals surface area contributed by atoms with Crippen LogP contribution >= 0.6 is 22.9 Å². The van der Waals surface area contributed by atoms with E-state index >= 15 is 0 Å². The van der Waals surface area contributed by atoms with Gasteiger partial charge in [-0.25, -0.2) is 14.6 Å². The van der Waals surface area contributed by atoms with Gasteiger partial charge in [0.15, 0.2) is 22.9 Å². The minimum Gasteiger partial charge on any atom is -0.493 e. The van der Waals surface area contributed by atoms with Crippen molar-refractivity contribution in [1.29, 1.82) is 0 Å². The van der Waals surface area contributed by atoms with Crippen LogP contribution in [0.1, 0.15) is 49.4 Å². The molecule has 1 N–H and O–H groups in total. The second-order valence-electron chi connectivity index (χ2n) is 9.11. The predicted octanol–water partition coefficient (Wildman–Crippen LogP) is 3.66. The van der Waals surface area contributed by atoms with Crippen LogP contribution in [-0.4, -0.2) is 42.4 Å². The lowest BCUT2D eigenvalue weighted by Gasteiger charge is -2.24. The van der Waals surface area contributed by atoms with Gasteiger partial charge in [0, 0.05) is 0 Å². The average Bonchev–Trinajstić information content (AvgIpc) is 3.20. The summed E-state index contributed by atoms with van der Waals surface area (Å²) in [5.74, 6) is -1.09. The van der Waals surface area contributed by atoms with Crippen molar-refractivity contribution < 1.29 is 28.9 Å². The van der Waals surface area contributed by atoms with E-state index in [0.29, 0.717) is 32.1 Å². The Morgan fingerprint density at radius 3 is 2.49 bits per heavy atom.